The first-order valence-corrected chi connectivity index (χ1v) is 9.27. The quantitative estimate of drug-likeness (QED) is 0.509. The number of nitriles is 2. The molecule has 0 radical (unpaired) electrons. The predicted octanol–water partition coefficient (Wildman–Crippen LogP) is 1.71. The molecule has 4 heterocycles. The van der Waals surface area contributed by atoms with E-state index in [2.05, 4.69) is 27.4 Å². The summed E-state index contributed by atoms with van der Waals surface area (Å²) >= 11 is 0. The first kappa shape index (κ1) is 19.3. The Balaban J connectivity index is 0.00000218. The van der Waals surface area contributed by atoms with Crippen LogP contribution >= 0.6 is 0 Å². The van der Waals surface area contributed by atoms with Crippen LogP contribution in [0.3, 0.4) is 0 Å². The Kier molecular flexibility index (Phi) is 4.57. The van der Waals surface area contributed by atoms with Gasteiger partial charge < -0.3 is 5.48 Å². The normalized spacial score (nSPS) is 20.2. The lowest BCUT2D eigenvalue weighted by atomic mass is 9.67. The van der Waals surface area contributed by atoms with Gasteiger partial charge in [-0.1, -0.05) is 0 Å². The maximum Gasteiger partial charge on any atom is 0.0999 e. The Labute approximate surface area is 171 Å². The second-order valence-corrected chi connectivity index (χ2v) is 7.51. The van der Waals surface area contributed by atoms with Gasteiger partial charge in [-0.3, -0.25) is 9.36 Å². The van der Waals surface area contributed by atoms with Crippen molar-refractivity contribution in [2.24, 2.45) is 13.0 Å². The van der Waals surface area contributed by atoms with Crippen LogP contribution in [0.2, 0.25) is 0 Å². The molecule has 1 aliphatic carbocycles. The van der Waals surface area contributed by atoms with Gasteiger partial charge in [0.15, 0.2) is 0 Å². The molecule has 0 amide bonds. The minimum absolute atomic E-state index is 0. The van der Waals surface area contributed by atoms with Crippen LogP contribution in [0, 0.1) is 28.6 Å². The highest BCUT2D eigenvalue weighted by molar-refractivity contribution is 5.78. The third-order valence-corrected chi connectivity index (χ3v) is 5.58. The van der Waals surface area contributed by atoms with Gasteiger partial charge in [-0.15, -0.1) is 0 Å². The number of aromatic nitrogens is 7. The minimum atomic E-state index is -0.412. The monoisotopic (exact) mass is 401 g/mol. The molecule has 5 rings (SSSR count). The molecule has 0 saturated heterocycles. The average molecular weight is 401 g/mol. The fourth-order valence-electron chi connectivity index (χ4n) is 4.04. The maximum absolute atomic E-state index is 9.28. The lowest BCUT2D eigenvalue weighted by Crippen LogP contribution is -2.46. The van der Waals surface area contributed by atoms with Gasteiger partial charge in [0.25, 0.3) is 0 Å². The lowest BCUT2D eigenvalue weighted by molar-refractivity contribution is 0.0882. The van der Waals surface area contributed by atoms with Crippen LogP contribution in [-0.4, -0.2) is 39.6 Å². The summed E-state index contributed by atoms with van der Waals surface area (Å²) in [6.07, 6.45) is 12.6. The van der Waals surface area contributed by atoms with E-state index in [1.807, 2.05) is 36.4 Å². The lowest BCUT2D eigenvalue weighted by Gasteiger charge is -2.43. The molecular formula is C20H19N9O. The summed E-state index contributed by atoms with van der Waals surface area (Å²) in [4.78, 5) is 4.86. The largest absolute Gasteiger partial charge is 0.412 e. The van der Waals surface area contributed by atoms with E-state index in [0.29, 0.717) is 19.3 Å². The average Bonchev–Trinajstić information content (AvgIpc) is 3.43. The van der Waals surface area contributed by atoms with E-state index in [9.17, 15) is 5.26 Å². The van der Waals surface area contributed by atoms with E-state index in [1.165, 1.54) is 0 Å². The molecule has 0 aliphatic heterocycles. The van der Waals surface area contributed by atoms with E-state index in [0.717, 1.165) is 28.0 Å². The number of hydrogen-bond acceptors (Lipinski definition) is 6. The Morgan fingerprint density at radius 2 is 1.90 bits per heavy atom. The zero-order valence-corrected chi connectivity index (χ0v) is 16.3. The summed E-state index contributed by atoms with van der Waals surface area (Å²) in [5, 5.41) is 31.6. The van der Waals surface area contributed by atoms with Crippen LogP contribution in [0.5, 0.6) is 0 Å². The number of hydrogen-bond donors (Lipinski definition) is 0. The Morgan fingerprint density at radius 3 is 2.60 bits per heavy atom. The number of rotatable bonds is 4. The summed E-state index contributed by atoms with van der Waals surface area (Å²) in [6.45, 7) is 0. The van der Waals surface area contributed by atoms with Crippen LogP contribution in [0.15, 0.2) is 43.2 Å². The van der Waals surface area contributed by atoms with E-state index in [4.69, 9.17) is 10.2 Å². The van der Waals surface area contributed by atoms with Gasteiger partial charge in [-0.25, -0.2) is 9.50 Å². The third kappa shape index (κ3) is 2.91. The number of nitrogens with zero attached hydrogens (tertiary/aromatic N) is 9. The molecule has 1 aliphatic rings. The van der Waals surface area contributed by atoms with Crippen molar-refractivity contribution in [3.8, 4) is 34.7 Å². The molecule has 0 bridgehead atoms. The van der Waals surface area contributed by atoms with Crippen molar-refractivity contribution in [3.63, 3.8) is 0 Å². The molecule has 1 saturated carbocycles. The minimum Gasteiger partial charge on any atom is -0.412 e. The molecule has 10 heteroatoms. The zero-order chi connectivity index (χ0) is 20.0. The van der Waals surface area contributed by atoms with Gasteiger partial charge in [-0.05, 0) is 18.9 Å². The van der Waals surface area contributed by atoms with Crippen molar-refractivity contribution in [1.29, 1.82) is 10.5 Å². The molecular weight excluding hydrogens is 382 g/mol. The Morgan fingerprint density at radius 1 is 1.10 bits per heavy atom. The van der Waals surface area contributed by atoms with Crippen molar-refractivity contribution in [1.82, 2.24) is 34.2 Å². The molecule has 2 N–H and O–H groups in total. The van der Waals surface area contributed by atoms with Crippen LogP contribution in [0.1, 0.15) is 19.3 Å². The third-order valence-electron chi connectivity index (χ3n) is 5.58. The van der Waals surface area contributed by atoms with Crippen LogP contribution in [-0.2, 0) is 12.6 Å². The molecule has 0 spiro atoms. The van der Waals surface area contributed by atoms with Crippen molar-refractivity contribution in [3.05, 3.63) is 43.2 Å². The Bertz CT molecular complexity index is 1290. The predicted molar refractivity (Wildman–Crippen MR) is 107 cm³/mol. The molecule has 0 aromatic carbocycles. The molecule has 0 atom stereocenters. The highest BCUT2D eigenvalue weighted by atomic mass is 16.0. The topological polar surface area (TPSA) is 145 Å². The van der Waals surface area contributed by atoms with E-state index >= 15 is 0 Å². The molecule has 10 nitrogen and oxygen atoms in total. The summed E-state index contributed by atoms with van der Waals surface area (Å²) in [7, 11) is 1.86. The van der Waals surface area contributed by atoms with Gasteiger partial charge in [0.05, 0.1) is 71.7 Å². The van der Waals surface area contributed by atoms with Crippen LogP contribution in [0.25, 0.3) is 28.0 Å². The molecule has 30 heavy (non-hydrogen) atoms. The van der Waals surface area contributed by atoms with Crippen LogP contribution in [0.4, 0.5) is 0 Å². The molecule has 0 unspecified atom stereocenters. The summed E-state index contributed by atoms with van der Waals surface area (Å²) in [5.41, 5.74) is 3.73. The van der Waals surface area contributed by atoms with E-state index in [-0.39, 0.29) is 11.4 Å². The van der Waals surface area contributed by atoms with Crippen LogP contribution < -0.4 is 0 Å². The van der Waals surface area contributed by atoms with Gasteiger partial charge in [-0.2, -0.15) is 25.8 Å². The second-order valence-electron chi connectivity index (χ2n) is 7.51. The fraction of sp³-hybridized carbons (Fsp3) is 0.300. The van der Waals surface area contributed by atoms with Crippen molar-refractivity contribution in [2.45, 2.75) is 24.8 Å². The number of aryl methyl sites for hydroxylation is 1. The maximum atomic E-state index is 9.28. The molecule has 4 aromatic rings. The first-order chi connectivity index (χ1) is 14.1. The molecule has 150 valence electrons. The highest BCUT2D eigenvalue weighted by Crippen LogP contribution is 2.46. The van der Waals surface area contributed by atoms with Crippen molar-refractivity contribution in [2.75, 3.05) is 0 Å². The molecule has 1 fully saturated rings. The second kappa shape index (κ2) is 7.10. The highest BCUT2D eigenvalue weighted by Gasteiger charge is 2.46. The van der Waals surface area contributed by atoms with Gasteiger partial charge in [0.2, 0.25) is 0 Å². The van der Waals surface area contributed by atoms with E-state index < -0.39 is 5.54 Å². The fourth-order valence-corrected chi connectivity index (χ4v) is 4.04. The summed E-state index contributed by atoms with van der Waals surface area (Å²) < 4.78 is 5.36. The van der Waals surface area contributed by atoms with E-state index in [1.54, 1.807) is 27.8 Å². The number of fused-ring (bicyclic) bond motifs is 1. The van der Waals surface area contributed by atoms with Crippen molar-refractivity contribution >= 4 is 5.52 Å². The summed E-state index contributed by atoms with van der Waals surface area (Å²) in [5.74, 6) is -0.0235. The summed E-state index contributed by atoms with van der Waals surface area (Å²) in [6, 6.07) is 6.45. The molecule has 4 aromatic heterocycles. The zero-order valence-electron chi connectivity index (χ0n) is 16.3. The Hall–Kier alpha value is -4.02. The standard InChI is InChI=1S/C20H17N9.H2O/c1-27-11-15(9-24-27)17-13-28-18(2-5-23-28)19(26-17)16-10-25-29(12-16)20(3-4-21)6-14(7-20)8-22;/h2,5,9-14H,3,6-7H2,1H3;1H2. The van der Waals surface area contributed by atoms with Gasteiger partial charge in [0, 0.05) is 30.6 Å². The van der Waals surface area contributed by atoms with Crippen molar-refractivity contribution < 1.29 is 5.48 Å². The smallest absolute Gasteiger partial charge is 0.0999 e. The first-order valence-electron chi connectivity index (χ1n) is 9.27. The van der Waals surface area contributed by atoms with Gasteiger partial charge in [0.1, 0.15) is 0 Å². The van der Waals surface area contributed by atoms with Gasteiger partial charge >= 0.3 is 0 Å². The SMILES string of the molecule is Cn1cc(-c2cn3nccc3c(-c3cnn(C4(CC#N)CC(C#N)C4)c3)n2)cn1.O.